The zero-order valence-corrected chi connectivity index (χ0v) is 8.37. The third-order valence-electron chi connectivity index (χ3n) is 3.97. The van der Waals surface area contributed by atoms with Crippen LogP contribution >= 0.6 is 0 Å². The maximum atomic E-state index is 9.43. The Hall–Kier alpha value is -0.980. The molecule has 2 atom stereocenters. The first-order valence-corrected chi connectivity index (χ1v) is 5.66. The molecular weight excluding hydrogens is 172 g/mol. The number of phenolic OH excluding ortho intramolecular Hbond substituents is 1. The van der Waals surface area contributed by atoms with Crippen molar-refractivity contribution in [2.24, 2.45) is 5.92 Å². The Morgan fingerprint density at radius 3 is 3.00 bits per heavy atom. The number of fused-ring (bicyclic) bond motifs is 3. The average Bonchev–Trinajstić information content (AvgIpc) is 2.65. The van der Waals surface area contributed by atoms with E-state index in [1.165, 1.54) is 43.2 Å². The summed E-state index contributed by atoms with van der Waals surface area (Å²) in [5.74, 6) is 2.17. The van der Waals surface area contributed by atoms with Crippen molar-refractivity contribution in [3.05, 3.63) is 29.3 Å². The smallest absolute Gasteiger partial charge is 0.115 e. The van der Waals surface area contributed by atoms with Gasteiger partial charge in [-0.3, -0.25) is 0 Å². The predicted octanol–water partition coefficient (Wildman–Crippen LogP) is 3.22. The van der Waals surface area contributed by atoms with Crippen LogP contribution in [0, 0.1) is 5.92 Å². The molecule has 1 N–H and O–H groups in total. The highest BCUT2D eigenvalue weighted by Gasteiger charge is 2.32. The van der Waals surface area contributed by atoms with Crippen molar-refractivity contribution in [2.45, 2.75) is 38.0 Å². The summed E-state index contributed by atoms with van der Waals surface area (Å²) < 4.78 is 0. The van der Waals surface area contributed by atoms with Crippen LogP contribution in [0.3, 0.4) is 0 Å². The molecule has 0 aromatic heterocycles. The molecular formula is C13H16O. The van der Waals surface area contributed by atoms with Gasteiger partial charge in [-0.1, -0.05) is 12.5 Å². The molecule has 1 aromatic rings. The van der Waals surface area contributed by atoms with E-state index in [1.54, 1.807) is 0 Å². The molecule has 14 heavy (non-hydrogen) atoms. The monoisotopic (exact) mass is 188 g/mol. The van der Waals surface area contributed by atoms with Crippen LogP contribution in [0.1, 0.15) is 42.7 Å². The molecule has 0 amide bonds. The molecule has 2 unspecified atom stereocenters. The largest absolute Gasteiger partial charge is 0.508 e. The van der Waals surface area contributed by atoms with Gasteiger partial charge in [0.1, 0.15) is 5.75 Å². The van der Waals surface area contributed by atoms with Crippen molar-refractivity contribution in [3.8, 4) is 5.75 Å². The van der Waals surface area contributed by atoms with Gasteiger partial charge >= 0.3 is 0 Å². The van der Waals surface area contributed by atoms with E-state index < -0.39 is 0 Å². The Morgan fingerprint density at radius 1 is 1.14 bits per heavy atom. The summed E-state index contributed by atoms with van der Waals surface area (Å²) in [7, 11) is 0. The van der Waals surface area contributed by atoms with Gasteiger partial charge in [0.25, 0.3) is 0 Å². The molecule has 74 valence electrons. The molecule has 0 radical (unpaired) electrons. The van der Waals surface area contributed by atoms with Crippen LogP contribution in [-0.4, -0.2) is 5.11 Å². The van der Waals surface area contributed by atoms with E-state index in [0.29, 0.717) is 5.75 Å². The summed E-state index contributed by atoms with van der Waals surface area (Å²) in [6.07, 6.45) is 6.69. The van der Waals surface area contributed by atoms with E-state index in [1.807, 2.05) is 12.1 Å². The Bertz CT molecular complexity index is 356. The first-order valence-electron chi connectivity index (χ1n) is 5.66. The quantitative estimate of drug-likeness (QED) is 0.662. The zero-order chi connectivity index (χ0) is 9.54. The first kappa shape index (κ1) is 8.34. The number of aromatic hydroxyl groups is 1. The summed E-state index contributed by atoms with van der Waals surface area (Å²) in [5.41, 5.74) is 2.92. The SMILES string of the molecule is Oc1ccc2c(c1)CCC1CCCC21. The third-order valence-corrected chi connectivity index (χ3v) is 3.97. The molecule has 1 saturated carbocycles. The van der Waals surface area contributed by atoms with Crippen LogP contribution in [0.2, 0.25) is 0 Å². The lowest BCUT2D eigenvalue weighted by Gasteiger charge is -2.28. The van der Waals surface area contributed by atoms with Gasteiger partial charge in [0.2, 0.25) is 0 Å². The number of hydrogen-bond acceptors (Lipinski definition) is 1. The number of aryl methyl sites for hydroxylation is 1. The summed E-state index contributed by atoms with van der Waals surface area (Å²) in [6.45, 7) is 0. The predicted molar refractivity (Wildman–Crippen MR) is 56.5 cm³/mol. The van der Waals surface area contributed by atoms with Crippen LogP contribution in [-0.2, 0) is 6.42 Å². The average molecular weight is 188 g/mol. The lowest BCUT2D eigenvalue weighted by Crippen LogP contribution is -2.15. The Labute approximate surface area is 84.8 Å². The van der Waals surface area contributed by atoms with Crippen LogP contribution in [0.15, 0.2) is 18.2 Å². The Kier molecular flexibility index (Phi) is 1.79. The van der Waals surface area contributed by atoms with Crippen molar-refractivity contribution >= 4 is 0 Å². The second-order valence-electron chi connectivity index (χ2n) is 4.72. The molecule has 2 aliphatic rings. The van der Waals surface area contributed by atoms with Crippen LogP contribution < -0.4 is 0 Å². The molecule has 1 heteroatoms. The molecule has 0 bridgehead atoms. The van der Waals surface area contributed by atoms with Crippen molar-refractivity contribution in [2.75, 3.05) is 0 Å². The van der Waals surface area contributed by atoms with Gasteiger partial charge in [-0.2, -0.15) is 0 Å². The number of hydrogen-bond donors (Lipinski definition) is 1. The molecule has 0 spiro atoms. The van der Waals surface area contributed by atoms with Gasteiger partial charge in [-0.05, 0) is 60.8 Å². The maximum absolute atomic E-state index is 9.43. The highest BCUT2D eigenvalue weighted by Crippen LogP contribution is 2.47. The Morgan fingerprint density at radius 2 is 2.07 bits per heavy atom. The van der Waals surface area contributed by atoms with Crippen LogP contribution in [0.5, 0.6) is 5.75 Å². The summed E-state index contributed by atoms with van der Waals surface area (Å²) in [5, 5.41) is 9.43. The van der Waals surface area contributed by atoms with E-state index in [9.17, 15) is 5.11 Å². The zero-order valence-electron chi connectivity index (χ0n) is 8.37. The molecule has 2 aliphatic carbocycles. The van der Waals surface area contributed by atoms with Gasteiger partial charge in [0, 0.05) is 0 Å². The molecule has 1 aromatic carbocycles. The summed E-state index contributed by atoms with van der Waals surface area (Å²) >= 11 is 0. The summed E-state index contributed by atoms with van der Waals surface area (Å²) in [6, 6.07) is 5.95. The molecule has 0 heterocycles. The molecule has 1 fully saturated rings. The van der Waals surface area contributed by atoms with Gasteiger partial charge in [-0.15, -0.1) is 0 Å². The van der Waals surface area contributed by atoms with E-state index in [2.05, 4.69) is 6.07 Å². The highest BCUT2D eigenvalue weighted by atomic mass is 16.3. The number of benzene rings is 1. The standard InChI is InChI=1S/C13H16O/c14-11-6-7-13-10(8-11)5-4-9-2-1-3-12(9)13/h6-9,12,14H,1-5H2. The van der Waals surface area contributed by atoms with E-state index in [4.69, 9.17) is 0 Å². The van der Waals surface area contributed by atoms with Crippen molar-refractivity contribution in [1.82, 2.24) is 0 Å². The van der Waals surface area contributed by atoms with Gasteiger partial charge in [0.15, 0.2) is 0 Å². The Balaban J connectivity index is 2.05. The summed E-state index contributed by atoms with van der Waals surface area (Å²) in [4.78, 5) is 0. The third kappa shape index (κ3) is 1.15. The second kappa shape index (κ2) is 3.01. The number of rotatable bonds is 0. The van der Waals surface area contributed by atoms with Gasteiger partial charge in [-0.25, -0.2) is 0 Å². The fourth-order valence-electron chi connectivity index (χ4n) is 3.30. The van der Waals surface area contributed by atoms with Crippen molar-refractivity contribution < 1.29 is 5.11 Å². The minimum Gasteiger partial charge on any atom is -0.508 e. The van der Waals surface area contributed by atoms with Crippen molar-refractivity contribution in [3.63, 3.8) is 0 Å². The van der Waals surface area contributed by atoms with Gasteiger partial charge < -0.3 is 5.11 Å². The fourth-order valence-corrected chi connectivity index (χ4v) is 3.30. The maximum Gasteiger partial charge on any atom is 0.115 e. The van der Waals surface area contributed by atoms with E-state index >= 15 is 0 Å². The first-order chi connectivity index (χ1) is 6.84. The number of phenols is 1. The van der Waals surface area contributed by atoms with Crippen molar-refractivity contribution in [1.29, 1.82) is 0 Å². The topological polar surface area (TPSA) is 20.2 Å². The second-order valence-corrected chi connectivity index (χ2v) is 4.72. The molecule has 0 saturated heterocycles. The van der Waals surface area contributed by atoms with E-state index in [0.717, 1.165) is 11.8 Å². The minimum atomic E-state index is 0.431. The lowest BCUT2D eigenvalue weighted by molar-refractivity contribution is 0.419. The highest BCUT2D eigenvalue weighted by molar-refractivity contribution is 5.39. The van der Waals surface area contributed by atoms with Gasteiger partial charge in [0.05, 0.1) is 0 Å². The van der Waals surface area contributed by atoms with Crippen LogP contribution in [0.4, 0.5) is 0 Å². The minimum absolute atomic E-state index is 0.431. The normalized spacial score (nSPS) is 29.7. The molecule has 3 rings (SSSR count). The van der Waals surface area contributed by atoms with E-state index in [-0.39, 0.29) is 0 Å². The molecule has 1 nitrogen and oxygen atoms in total. The van der Waals surface area contributed by atoms with Crippen LogP contribution in [0.25, 0.3) is 0 Å². The lowest BCUT2D eigenvalue weighted by atomic mass is 9.77. The molecule has 0 aliphatic heterocycles. The fraction of sp³-hybridized carbons (Fsp3) is 0.538.